The van der Waals surface area contributed by atoms with E-state index in [-0.39, 0.29) is 5.91 Å². The first-order valence-electron chi connectivity index (χ1n) is 10.2. The number of carbonyl (C=O) groups is 2. The molecule has 0 aliphatic carbocycles. The number of aliphatic carboxylic acids is 1. The Bertz CT molecular complexity index is 321. The van der Waals surface area contributed by atoms with Gasteiger partial charge < -0.3 is 15.2 Å². The molecule has 0 aliphatic heterocycles. The molecule has 0 aromatic heterocycles. The second-order valence-electron chi connectivity index (χ2n) is 6.68. The van der Waals surface area contributed by atoms with Gasteiger partial charge in [0.2, 0.25) is 5.91 Å². The molecule has 0 aromatic rings. The predicted octanol–water partition coefficient (Wildman–Crippen LogP) is 4.69. The second-order valence-corrected chi connectivity index (χ2v) is 6.68. The maximum absolute atomic E-state index is 11.5. The summed E-state index contributed by atoms with van der Waals surface area (Å²) in [6.45, 7) is 3.87. The topological polar surface area (TPSA) is 75.6 Å². The minimum Gasteiger partial charge on any atom is -0.481 e. The van der Waals surface area contributed by atoms with Crippen molar-refractivity contribution in [3.05, 3.63) is 0 Å². The first kappa shape index (κ1) is 23.9. The molecule has 0 saturated carbocycles. The molecule has 25 heavy (non-hydrogen) atoms. The molecule has 148 valence electrons. The summed E-state index contributed by atoms with van der Waals surface area (Å²) in [7, 11) is 0. The van der Waals surface area contributed by atoms with Crippen LogP contribution >= 0.6 is 0 Å². The summed E-state index contributed by atoms with van der Waals surface area (Å²) >= 11 is 0. The molecule has 0 heterocycles. The maximum atomic E-state index is 11.5. The van der Waals surface area contributed by atoms with Crippen LogP contribution < -0.4 is 5.32 Å². The van der Waals surface area contributed by atoms with Crippen LogP contribution in [0.4, 0.5) is 0 Å². The monoisotopic (exact) mass is 357 g/mol. The quantitative estimate of drug-likeness (QED) is 0.329. The highest BCUT2D eigenvalue weighted by molar-refractivity contribution is 5.75. The van der Waals surface area contributed by atoms with Crippen LogP contribution in [0.25, 0.3) is 0 Å². The van der Waals surface area contributed by atoms with Crippen molar-refractivity contribution in [2.45, 2.75) is 96.8 Å². The van der Waals surface area contributed by atoms with E-state index in [2.05, 4.69) is 5.32 Å². The van der Waals surface area contributed by atoms with Crippen LogP contribution in [0.1, 0.15) is 96.8 Å². The fourth-order valence-corrected chi connectivity index (χ4v) is 2.82. The number of hydrogen-bond acceptors (Lipinski definition) is 3. The molecule has 0 aromatic carbocycles. The Morgan fingerprint density at radius 2 is 1.20 bits per heavy atom. The molecular formula is C20H39NO4. The highest BCUT2D eigenvalue weighted by atomic mass is 16.5. The minimum atomic E-state index is -0.679. The lowest BCUT2D eigenvalue weighted by molar-refractivity contribution is -0.137. The summed E-state index contributed by atoms with van der Waals surface area (Å²) in [6.07, 6.45) is 15.0. The predicted molar refractivity (Wildman–Crippen MR) is 102 cm³/mol. The van der Waals surface area contributed by atoms with Gasteiger partial charge in [0.15, 0.2) is 0 Å². The molecule has 5 heteroatoms. The molecule has 5 nitrogen and oxygen atoms in total. The molecule has 0 atom stereocenters. The number of amides is 1. The zero-order valence-electron chi connectivity index (χ0n) is 16.2. The summed E-state index contributed by atoms with van der Waals surface area (Å²) in [6, 6.07) is 0. The van der Waals surface area contributed by atoms with Gasteiger partial charge in [0, 0.05) is 26.0 Å². The standard InChI is InChI=1S/C20H39NO4/c1-2-25-18-17-21-19(22)15-13-11-9-7-5-3-4-6-8-10-12-14-16-20(23)24/h2-18H2,1H3,(H,21,22)(H,23,24). The summed E-state index contributed by atoms with van der Waals surface area (Å²) in [5.74, 6) is -0.537. The largest absolute Gasteiger partial charge is 0.481 e. The summed E-state index contributed by atoms with van der Waals surface area (Å²) in [4.78, 5) is 21.9. The lowest BCUT2D eigenvalue weighted by Crippen LogP contribution is -2.26. The van der Waals surface area contributed by atoms with Gasteiger partial charge in [-0.15, -0.1) is 0 Å². The number of carboxylic acid groups (broad SMARTS) is 1. The molecule has 0 rings (SSSR count). The van der Waals surface area contributed by atoms with Gasteiger partial charge in [0.05, 0.1) is 6.61 Å². The number of rotatable bonds is 19. The highest BCUT2D eigenvalue weighted by Crippen LogP contribution is 2.12. The van der Waals surface area contributed by atoms with Crippen molar-refractivity contribution in [1.29, 1.82) is 0 Å². The van der Waals surface area contributed by atoms with Gasteiger partial charge in [-0.1, -0.05) is 64.2 Å². The number of hydrogen-bond donors (Lipinski definition) is 2. The Morgan fingerprint density at radius 1 is 0.760 bits per heavy atom. The molecule has 2 N–H and O–H groups in total. The van der Waals surface area contributed by atoms with Crippen LogP contribution in [-0.4, -0.2) is 36.7 Å². The Morgan fingerprint density at radius 3 is 1.64 bits per heavy atom. The van der Waals surface area contributed by atoms with Crippen LogP contribution in [0.3, 0.4) is 0 Å². The number of nitrogens with one attached hydrogen (secondary N) is 1. The van der Waals surface area contributed by atoms with Crippen LogP contribution in [-0.2, 0) is 14.3 Å². The minimum absolute atomic E-state index is 0.142. The van der Waals surface area contributed by atoms with Crippen molar-refractivity contribution in [2.75, 3.05) is 19.8 Å². The SMILES string of the molecule is CCOCCNC(=O)CCCCCCCCCCCCCCC(=O)O. The van der Waals surface area contributed by atoms with E-state index in [1.807, 2.05) is 6.92 Å². The Hall–Kier alpha value is -1.10. The number of carboxylic acids is 1. The molecular weight excluding hydrogens is 318 g/mol. The van der Waals surface area contributed by atoms with E-state index in [1.54, 1.807) is 0 Å². The maximum Gasteiger partial charge on any atom is 0.303 e. The lowest BCUT2D eigenvalue weighted by atomic mass is 10.0. The van der Waals surface area contributed by atoms with E-state index in [4.69, 9.17) is 9.84 Å². The smallest absolute Gasteiger partial charge is 0.303 e. The van der Waals surface area contributed by atoms with Crippen LogP contribution in [0.5, 0.6) is 0 Å². The Kier molecular flexibility index (Phi) is 18.4. The molecule has 1 amide bonds. The van der Waals surface area contributed by atoms with E-state index < -0.39 is 5.97 Å². The van der Waals surface area contributed by atoms with Gasteiger partial charge in [-0.05, 0) is 19.8 Å². The van der Waals surface area contributed by atoms with Crippen LogP contribution in [0.15, 0.2) is 0 Å². The van der Waals surface area contributed by atoms with E-state index >= 15 is 0 Å². The van der Waals surface area contributed by atoms with Crippen LogP contribution in [0, 0.1) is 0 Å². The van der Waals surface area contributed by atoms with Gasteiger partial charge in [-0.2, -0.15) is 0 Å². The number of carbonyl (C=O) groups excluding carboxylic acids is 1. The average molecular weight is 358 g/mol. The summed E-state index contributed by atoms with van der Waals surface area (Å²) in [5.41, 5.74) is 0. The van der Waals surface area contributed by atoms with Gasteiger partial charge in [-0.3, -0.25) is 9.59 Å². The average Bonchev–Trinajstić information content (AvgIpc) is 2.58. The van der Waals surface area contributed by atoms with Crippen molar-refractivity contribution in [3.63, 3.8) is 0 Å². The molecule has 0 saturated heterocycles. The molecule has 0 aliphatic rings. The van der Waals surface area contributed by atoms with E-state index in [0.29, 0.717) is 32.6 Å². The molecule has 0 radical (unpaired) electrons. The molecule has 0 fully saturated rings. The molecule has 0 spiro atoms. The first-order chi connectivity index (χ1) is 12.2. The lowest BCUT2D eigenvalue weighted by Gasteiger charge is -2.05. The van der Waals surface area contributed by atoms with Gasteiger partial charge in [-0.25, -0.2) is 0 Å². The number of unbranched alkanes of at least 4 members (excludes halogenated alkanes) is 11. The fraction of sp³-hybridized carbons (Fsp3) is 0.900. The highest BCUT2D eigenvalue weighted by Gasteiger charge is 2.00. The van der Waals surface area contributed by atoms with Crippen LogP contribution in [0.2, 0.25) is 0 Å². The van der Waals surface area contributed by atoms with Crippen molar-refractivity contribution < 1.29 is 19.4 Å². The zero-order valence-corrected chi connectivity index (χ0v) is 16.2. The van der Waals surface area contributed by atoms with Gasteiger partial charge in [0.25, 0.3) is 0 Å². The van der Waals surface area contributed by atoms with Crippen molar-refractivity contribution in [3.8, 4) is 0 Å². The van der Waals surface area contributed by atoms with Crippen molar-refractivity contribution in [2.24, 2.45) is 0 Å². The third-order valence-electron chi connectivity index (χ3n) is 4.32. The van der Waals surface area contributed by atoms with E-state index in [0.717, 1.165) is 25.7 Å². The molecule has 0 bridgehead atoms. The van der Waals surface area contributed by atoms with Gasteiger partial charge in [0.1, 0.15) is 0 Å². The number of ether oxygens (including phenoxy) is 1. The first-order valence-corrected chi connectivity index (χ1v) is 10.2. The molecule has 0 unspecified atom stereocenters. The van der Waals surface area contributed by atoms with E-state index in [9.17, 15) is 9.59 Å². The third kappa shape index (κ3) is 20.9. The second kappa shape index (κ2) is 19.2. The van der Waals surface area contributed by atoms with Crippen molar-refractivity contribution in [1.82, 2.24) is 5.32 Å². The Labute approximate surface area is 153 Å². The fourth-order valence-electron chi connectivity index (χ4n) is 2.82. The van der Waals surface area contributed by atoms with E-state index in [1.165, 1.54) is 51.4 Å². The Balaban J connectivity index is 3.11. The van der Waals surface area contributed by atoms with Crippen molar-refractivity contribution >= 4 is 11.9 Å². The summed E-state index contributed by atoms with van der Waals surface area (Å²) < 4.78 is 5.18. The zero-order chi connectivity index (χ0) is 18.6. The van der Waals surface area contributed by atoms with Gasteiger partial charge >= 0.3 is 5.97 Å². The third-order valence-corrected chi connectivity index (χ3v) is 4.32. The summed E-state index contributed by atoms with van der Waals surface area (Å²) in [5, 5.41) is 11.4. The normalized spacial score (nSPS) is 10.8.